The number of benzene rings is 2. The predicted molar refractivity (Wildman–Crippen MR) is 109 cm³/mol. The predicted octanol–water partition coefficient (Wildman–Crippen LogP) is 4.42. The molecular formula is C21H22N2O3S. The zero-order valence-electron chi connectivity index (χ0n) is 15.6. The number of hydrogen-bond donors (Lipinski definition) is 0. The summed E-state index contributed by atoms with van der Waals surface area (Å²) in [5, 5.41) is 3.00. The molecular weight excluding hydrogens is 360 g/mol. The zero-order chi connectivity index (χ0) is 19.2. The van der Waals surface area contributed by atoms with Crippen molar-refractivity contribution in [2.75, 3.05) is 26.2 Å². The number of aromatic nitrogens is 1. The fourth-order valence-electron chi connectivity index (χ4n) is 2.73. The van der Waals surface area contributed by atoms with Gasteiger partial charge in [0.05, 0.1) is 24.9 Å². The van der Waals surface area contributed by atoms with Gasteiger partial charge in [-0.2, -0.15) is 0 Å². The highest BCUT2D eigenvalue weighted by molar-refractivity contribution is 7.09. The summed E-state index contributed by atoms with van der Waals surface area (Å²) in [5.41, 5.74) is 2.81. The van der Waals surface area contributed by atoms with E-state index in [4.69, 9.17) is 9.47 Å². The summed E-state index contributed by atoms with van der Waals surface area (Å²) in [7, 11) is 4.93. The van der Waals surface area contributed by atoms with Crippen molar-refractivity contribution in [3.63, 3.8) is 0 Å². The van der Waals surface area contributed by atoms with E-state index >= 15 is 0 Å². The summed E-state index contributed by atoms with van der Waals surface area (Å²) in [4.78, 5) is 18.9. The van der Waals surface area contributed by atoms with Gasteiger partial charge in [0, 0.05) is 42.6 Å². The maximum atomic E-state index is 12.6. The minimum absolute atomic E-state index is 0.0266. The molecule has 0 bridgehead atoms. The molecule has 6 heteroatoms. The largest absolute Gasteiger partial charge is 0.493 e. The van der Waals surface area contributed by atoms with E-state index in [2.05, 4.69) is 4.98 Å². The summed E-state index contributed by atoms with van der Waals surface area (Å²) in [6.45, 7) is 0. The molecule has 1 aromatic heterocycles. The van der Waals surface area contributed by atoms with Gasteiger partial charge >= 0.3 is 0 Å². The number of carbonyl (C=O) groups excluding carboxylic acids is 1. The van der Waals surface area contributed by atoms with Crippen LogP contribution in [0.25, 0.3) is 11.3 Å². The first-order valence-corrected chi connectivity index (χ1v) is 9.48. The molecule has 0 saturated carbocycles. The Morgan fingerprint density at radius 3 is 2.52 bits per heavy atom. The van der Waals surface area contributed by atoms with E-state index in [-0.39, 0.29) is 5.91 Å². The Morgan fingerprint density at radius 1 is 1.07 bits per heavy atom. The monoisotopic (exact) mass is 382 g/mol. The minimum atomic E-state index is 0.0266. The Labute approximate surface area is 163 Å². The van der Waals surface area contributed by atoms with Crippen LogP contribution in [0.15, 0.2) is 53.9 Å². The maximum absolute atomic E-state index is 12.6. The molecule has 0 atom stereocenters. The summed E-state index contributed by atoms with van der Waals surface area (Å²) in [5.74, 6) is 1.26. The minimum Gasteiger partial charge on any atom is -0.493 e. The standard InChI is InChI=1S/C21H22N2O3S/c1-23(16-9-10-18(25-2)19(13-16)26-3)21(24)12-11-20-22-17(14-27-20)15-7-5-4-6-8-15/h4-10,13-14H,11-12H2,1-3H3. The number of carbonyl (C=O) groups is 1. The Kier molecular flexibility index (Phi) is 6.08. The first kappa shape index (κ1) is 18.9. The normalized spacial score (nSPS) is 10.5. The van der Waals surface area contributed by atoms with Crippen molar-refractivity contribution in [1.82, 2.24) is 4.98 Å². The van der Waals surface area contributed by atoms with Crippen molar-refractivity contribution in [1.29, 1.82) is 0 Å². The Morgan fingerprint density at radius 2 is 1.81 bits per heavy atom. The topological polar surface area (TPSA) is 51.7 Å². The van der Waals surface area contributed by atoms with Crippen LogP contribution in [0.2, 0.25) is 0 Å². The molecule has 0 radical (unpaired) electrons. The first-order valence-electron chi connectivity index (χ1n) is 8.60. The second-order valence-electron chi connectivity index (χ2n) is 5.98. The van der Waals surface area contributed by atoms with Crippen molar-refractivity contribution in [3.05, 3.63) is 58.9 Å². The molecule has 140 valence electrons. The van der Waals surface area contributed by atoms with Gasteiger partial charge in [0.15, 0.2) is 11.5 Å². The van der Waals surface area contributed by atoms with Crippen LogP contribution in [-0.4, -0.2) is 32.2 Å². The molecule has 0 N–H and O–H groups in total. The van der Waals surface area contributed by atoms with Gasteiger partial charge in [0.2, 0.25) is 5.91 Å². The van der Waals surface area contributed by atoms with Crippen LogP contribution in [0.1, 0.15) is 11.4 Å². The zero-order valence-corrected chi connectivity index (χ0v) is 16.5. The Balaban J connectivity index is 1.63. The third-order valence-electron chi connectivity index (χ3n) is 4.30. The Hall–Kier alpha value is -2.86. The second-order valence-corrected chi connectivity index (χ2v) is 6.93. The number of thiazole rings is 1. The lowest BCUT2D eigenvalue weighted by Crippen LogP contribution is -2.26. The fourth-order valence-corrected chi connectivity index (χ4v) is 3.53. The lowest BCUT2D eigenvalue weighted by atomic mass is 10.2. The van der Waals surface area contributed by atoms with Crippen LogP contribution in [0, 0.1) is 0 Å². The van der Waals surface area contributed by atoms with Crippen molar-refractivity contribution in [2.45, 2.75) is 12.8 Å². The van der Waals surface area contributed by atoms with E-state index in [0.29, 0.717) is 24.3 Å². The average Bonchev–Trinajstić information content (AvgIpc) is 3.20. The highest BCUT2D eigenvalue weighted by atomic mass is 32.1. The quantitative estimate of drug-likeness (QED) is 0.607. The lowest BCUT2D eigenvalue weighted by molar-refractivity contribution is -0.118. The summed E-state index contributed by atoms with van der Waals surface area (Å²) >= 11 is 1.59. The molecule has 2 aromatic carbocycles. The maximum Gasteiger partial charge on any atom is 0.227 e. The molecule has 0 aliphatic heterocycles. The summed E-state index contributed by atoms with van der Waals surface area (Å²) in [6, 6.07) is 15.5. The Bertz CT molecular complexity index is 909. The third-order valence-corrected chi connectivity index (χ3v) is 5.21. The molecule has 0 unspecified atom stereocenters. The van der Waals surface area contributed by atoms with Crippen LogP contribution in [0.3, 0.4) is 0 Å². The fraction of sp³-hybridized carbons (Fsp3) is 0.238. The molecule has 0 saturated heterocycles. The van der Waals surface area contributed by atoms with Gasteiger partial charge in [0.25, 0.3) is 0 Å². The van der Waals surface area contributed by atoms with Crippen LogP contribution in [0.4, 0.5) is 5.69 Å². The third kappa shape index (κ3) is 4.46. The van der Waals surface area contributed by atoms with Gasteiger partial charge in [-0.25, -0.2) is 4.98 Å². The molecule has 1 heterocycles. The number of methoxy groups -OCH3 is 2. The highest BCUT2D eigenvalue weighted by Gasteiger charge is 2.15. The average molecular weight is 382 g/mol. The molecule has 0 fully saturated rings. The molecule has 0 aliphatic rings. The second kappa shape index (κ2) is 8.68. The van der Waals surface area contributed by atoms with Crippen LogP contribution in [-0.2, 0) is 11.2 Å². The number of anilines is 1. The van der Waals surface area contributed by atoms with Crippen LogP contribution < -0.4 is 14.4 Å². The van der Waals surface area contributed by atoms with Crippen molar-refractivity contribution in [3.8, 4) is 22.8 Å². The summed E-state index contributed by atoms with van der Waals surface area (Å²) in [6.07, 6.45) is 1.01. The van der Waals surface area contributed by atoms with Crippen molar-refractivity contribution in [2.24, 2.45) is 0 Å². The molecule has 0 aliphatic carbocycles. The van der Waals surface area contributed by atoms with E-state index in [0.717, 1.165) is 22.0 Å². The van der Waals surface area contributed by atoms with E-state index in [9.17, 15) is 4.79 Å². The van der Waals surface area contributed by atoms with Crippen LogP contribution >= 0.6 is 11.3 Å². The highest BCUT2D eigenvalue weighted by Crippen LogP contribution is 2.31. The van der Waals surface area contributed by atoms with Gasteiger partial charge in [0.1, 0.15) is 0 Å². The van der Waals surface area contributed by atoms with Gasteiger partial charge in [-0.05, 0) is 12.1 Å². The molecule has 5 nitrogen and oxygen atoms in total. The van der Waals surface area contributed by atoms with E-state index < -0.39 is 0 Å². The molecule has 3 aromatic rings. The number of aryl methyl sites for hydroxylation is 1. The summed E-state index contributed by atoms with van der Waals surface area (Å²) < 4.78 is 10.5. The van der Waals surface area contributed by atoms with Crippen molar-refractivity contribution < 1.29 is 14.3 Å². The smallest absolute Gasteiger partial charge is 0.227 e. The molecule has 3 rings (SSSR count). The number of amides is 1. The van der Waals surface area contributed by atoms with Crippen molar-refractivity contribution >= 4 is 22.9 Å². The number of ether oxygens (including phenoxy) is 2. The molecule has 0 spiro atoms. The number of nitrogens with zero attached hydrogens (tertiary/aromatic N) is 2. The van der Waals surface area contributed by atoms with Crippen LogP contribution in [0.5, 0.6) is 11.5 Å². The lowest BCUT2D eigenvalue weighted by Gasteiger charge is -2.19. The van der Waals surface area contributed by atoms with Gasteiger partial charge in [-0.1, -0.05) is 30.3 Å². The number of rotatable bonds is 7. The first-order chi connectivity index (χ1) is 13.1. The van der Waals surface area contributed by atoms with E-state index in [1.54, 1.807) is 49.6 Å². The van der Waals surface area contributed by atoms with Gasteiger partial charge < -0.3 is 14.4 Å². The van der Waals surface area contributed by atoms with E-state index in [1.807, 2.05) is 41.8 Å². The van der Waals surface area contributed by atoms with Gasteiger partial charge in [-0.3, -0.25) is 4.79 Å². The SMILES string of the molecule is COc1ccc(N(C)C(=O)CCc2nc(-c3ccccc3)cs2)cc1OC. The molecule has 27 heavy (non-hydrogen) atoms. The van der Waals surface area contributed by atoms with E-state index in [1.165, 1.54) is 0 Å². The molecule has 1 amide bonds. The van der Waals surface area contributed by atoms with Gasteiger partial charge in [-0.15, -0.1) is 11.3 Å². The number of hydrogen-bond acceptors (Lipinski definition) is 5.